The minimum Gasteiger partial charge on any atom is -0.378 e. The number of pyridine rings is 3. The standard InChI is InChI=1S/C31H28FN7O/c1-2-19-12-25-27(20-4-3-5-23(32)10-20)17-34-18-28(25)36-29(19)30-26-13-22(15-35-31(26)38-37-30)21-11-24(16-33-14-21)39-6-8-40-9-7-39/h3-5,10-11,13-19H,2,6-9,12H2,1H3,(H,35,37,38). The number of aliphatic imine (C=N–C) groups is 1. The second-order valence-electron chi connectivity index (χ2n) is 10.2. The van der Waals surface area contributed by atoms with Crippen LogP contribution in [0.25, 0.3) is 33.3 Å². The van der Waals surface area contributed by atoms with Gasteiger partial charge >= 0.3 is 0 Å². The quantitative estimate of drug-likeness (QED) is 0.309. The number of halogens is 1. The molecule has 40 heavy (non-hydrogen) atoms. The van der Waals surface area contributed by atoms with Gasteiger partial charge in [-0.2, -0.15) is 5.10 Å². The van der Waals surface area contributed by atoms with E-state index in [1.54, 1.807) is 18.3 Å². The van der Waals surface area contributed by atoms with E-state index in [0.29, 0.717) is 5.65 Å². The van der Waals surface area contributed by atoms with E-state index in [1.165, 1.54) is 6.07 Å². The Kier molecular flexibility index (Phi) is 6.28. The summed E-state index contributed by atoms with van der Waals surface area (Å²) in [6.07, 6.45) is 10.9. The highest BCUT2D eigenvalue weighted by molar-refractivity contribution is 6.12. The number of fused-ring (bicyclic) bond motifs is 2. The van der Waals surface area contributed by atoms with Crippen LogP contribution in [0.15, 0.2) is 72.4 Å². The molecule has 1 atom stereocenters. The molecular formula is C31H28FN7O. The number of H-pyrrole nitrogens is 1. The van der Waals surface area contributed by atoms with Gasteiger partial charge in [0.05, 0.1) is 48.4 Å². The van der Waals surface area contributed by atoms with Crippen molar-refractivity contribution in [2.24, 2.45) is 10.9 Å². The van der Waals surface area contributed by atoms with Crippen LogP contribution in [-0.4, -0.2) is 57.2 Å². The normalized spacial score (nSPS) is 17.1. The van der Waals surface area contributed by atoms with Crippen molar-refractivity contribution in [2.45, 2.75) is 19.8 Å². The third kappa shape index (κ3) is 4.42. The van der Waals surface area contributed by atoms with Gasteiger partial charge in [-0.25, -0.2) is 14.4 Å². The van der Waals surface area contributed by atoms with Crippen LogP contribution in [0.1, 0.15) is 24.6 Å². The van der Waals surface area contributed by atoms with E-state index in [-0.39, 0.29) is 11.7 Å². The van der Waals surface area contributed by atoms with Crippen LogP contribution in [0.4, 0.5) is 15.8 Å². The number of morpholine rings is 1. The summed E-state index contributed by atoms with van der Waals surface area (Å²) in [5, 5.41) is 8.65. The Balaban J connectivity index is 1.29. The van der Waals surface area contributed by atoms with Crippen LogP contribution >= 0.6 is 0 Å². The Labute approximate surface area is 231 Å². The Bertz CT molecular complexity index is 1740. The second kappa shape index (κ2) is 10.2. The summed E-state index contributed by atoms with van der Waals surface area (Å²) in [4.78, 5) is 21.0. The van der Waals surface area contributed by atoms with Crippen LogP contribution < -0.4 is 4.90 Å². The average Bonchev–Trinajstić information content (AvgIpc) is 3.44. The monoisotopic (exact) mass is 533 g/mol. The lowest BCUT2D eigenvalue weighted by Gasteiger charge is -2.28. The number of hydrogen-bond donors (Lipinski definition) is 1. The molecule has 0 bridgehead atoms. The average molecular weight is 534 g/mol. The van der Waals surface area contributed by atoms with Crippen molar-refractivity contribution in [1.82, 2.24) is 25.1 Å². The highest BCUT2D eigenvalue weighted by atomic mass is 19.1. The summed E-state index contributed by atoms with van der Waals surface area (Å²) in [6, 6.07) is 10.9. The molecule has 5 aromatic rings. The largest absolute Gasteiger partial charge is 0.378 e. The van der Waals surface area contributed by atoms with Gasteiger partial charge in [-0.1, -0.05) is 19.1 Å². The topological polar surface area (TPSA) is 92.2 Å². The van der Waals surface area contributed by atoms with E-state index in [1.807, 2.05) is 30.9 Å². The van der Waals surface area contributed by atoms with E-state index in [2.05, 4.69) is 49.1 Å². The van der Waals surface area contributed by atoms with Gasteiger partial charge in [0.25, 0.3) is 0 Å². The number of aromatic nitrogens is 5. The number of ether oxygens (including phenoxy) is 1. The molecule has 1 unspecified atom stereocenters. The number of hydrogen-bond acceptors (Lipinski definition) is 7. The molecular weight excluding hydrogens is 505 g/mol. The van der Waals surface area contributed by atoms with Crippen molar-refractivity contribution in [3.8, 4) is 22.3 Å². The van der Waals surface area contributed by atoms with Gasteiger partial charge < -0.3 is 9.64 Å². The van der Waals surface area contributed by atoms with Crippen molar-refractivity contribution in [3.05, 3.63) is 84.5 Å². The first-order valence-electron chi connectivity index (χ1n) is 13.6. The predicted octanol–water partition coefficient (Wildman–Crippen LogP) is 5.76. The van der Waals surface area contributed by atoms with E-state index in [4.69, 9.17) is 9.73 Å². The van der Waals surface area contributed by atoms with Crippen LogP contribution in [0, 0.1) is 11.7 Å². The lowest BCUT2D eigenvalue weighted by atomic mass is 9.84. The van der Waals surface area contributed by atoms with Gasteiger partial charge in [0.15, 0.2) is 5.65 Å². The fourth-order valence-corrected chi connectivity index (χ4v) is 5.69. The first kappa shape index (κ1) is 24.5. The van der Waals surface area contributed by atoms with Crippen LogP contribution in [0.5, 0.6) is 0 Å². The van der Waals surface area contributed by atoms with Crippen molar-refractivity contribution in [2.75, 3.05) is 31.2 Å². The lowest BCUT2D eigenvalue weighted by Crippen LogP contribution is -2.36. The smallest absolute Gasteiger partial charge is 0.181 e. The molecule has 1 N–H and O–H groups in total. The minimum absolute atomic E-state index is 0.154. The van der Waals surface area contributed by atoms with E-state index < -0.39 is 0 Å². The lowest BCUT2D eigenvalue weighted by molar-refractivity contribution is 0.122. The summed E-state index contributed by atoms with van der Waals surface area (Å²) >= 11 is 0. The van der Waals surface area contributed by atoms with Crippen LogP contribution in [0.2, 0.25) is 0 Å². The summed E-state index contributed by atoms with van der Waals surface area (Å²) in [5.74, 6) is -0.110. The van der Waals surface area contributed by atoms with Crippen LogP contribution in [-0.2, 0) is 11.2 Å². The van der Waals surface area contributed by atoms with Gasteiger partial charge in [-0.3, -0.25) is 15.1 Å². The highest BCUT2D eigenvalue weighted by Gasteiger charge is 2.28. The molecule has 0 saturated carbocycles. The van der Waals surface area contributed by atoms with Crippen molar-refractivity contribution < 1.29 is 9.13 Å². The maximum absolute atomic E-state index is 14.0. The zero-order valence-electron chi connectivity index (χ0n) is 22.1. The first-order chi connectivity index (χ1) is 19.7. The molecule has 0 spiro atoms. The zero-order chi connectivity index (χ0) is 27.1. The molecule has 9 heteroatoms. The molecule has 0 amide bonds. The molecule has 2 aliphatic heterocycles. The Morgan fingerprint density at radius 1 is 0.975 bits per heavy atom. The number of rotatable bonds is 5. The summed E-state index contributed by atoms with van der Waals surface area (Å²) in [6.45, 7) is 5.31. The molecule has 0 radical (unpaired) electrons. The zero-order valence-corrected chi connectivity index (χ0v) is 22.1. The first-order valence-corrected chi connectivity index (χ1v) is 13.6. The number of nitrogens with zero attached hydrogens (tertiary/aromatic N) is 6. The maximum Gasteiger partial charge on any atom is 0.181 e. The Morgan fingerprint density at radius 2 is 1.82 bits per heavy atom. The minimum atomic E-state index is -0.264. The molecule has 200 valence electrons. The van der Waals surface area contributed by atoms with E-state index >= 15 is 0 Å². The molecule has 4 aromatic heterocycles. The molecule has 8 nitrogen and oxygen atoms in total. The number of anilines is 1. The highest BCUT2D eigenvalue weighted by Crippen LogP contribution is 2.39. The Morgan fingerprint density at radius 3 is 2.67 bits per heavy atom. The van der Waals surface area contributed by atoms with Crippen molar-refractivity contribution in [1.29, 1.82) is 0 Å². The van der Waals surface area contributed by atoms with Crippen molar-refractivity contribution in [3.63, 3.8) is 0 Å². The van der Waals surface area contributed by atoms with Gasteiger partial charge in [0, 0.05) is 59.7 Å². The third-order valence-corrected chi connectivity index (χ3v) is 7.84. The molecule has 7 rings (SSSR count). The molecule has 1 aromatic carbocycles. The second-order valence-corrected chi connectivity index (χ2v) is 10.2. The van der Waals surface area contributed by atoms with Gasteiger partial charge in [-0.15, -0.1) is 0 Å². The maximum atomic E-state index is 14.0. The fraction of sp³-hybridized carbons (Fsp3) is 0.258. The molecule has 1 saturated heterocycles. The molecule has 2 aliphatic rings. The number of benzene rings is 1. The van der Waals surface area contributed by atoms with E-state index in [0.717, 1.165) is 95.1 Å². The van der Waals surface area contributed by atoms with E-state index in [9.17, 15) is 4.39 Å². The third-order valence-electron chi connectivity index (χ3n) is 7.84. The molecule has 6 heterocycles. The summed E-state index contributed by atoms with van der Waals surface area (Å²) in [5.41, 5.74) is 9.12. The predicted molar refractivity (Wildman–Crippen MR) is 153 cm³/mol. The van der Waals surface area contributed by atoms with Gasteiger partial charge in [0.1, 0.15) is 5.82 Å². The molecule has 1 fully saturated rings. The SMILES string of the molecule is CCC1Cc2c(cncc2-c2cccc(F)c2)N=C1c1[nH]nc2ncc(-c3cncc(N4CCOCC4)c3)cc12. The summed E-state index contributed by atoms with van der Waals surface area (Å²) < 4.78 is 19.5. The number of nitrogens with one attached hydrogen (secondary N) is 1. The fourth-order valence-electron chi connectivity index (χ4n) is 5.69. The van der Waals surface area contributed by atoms with Gasteiger partial charge in [0.2, 0.25) is 0 Å². The Hall–Kier alpha value is -4.50. The van der Waals surface area contributed by atoms with Gasteiger partial charge in [-0.05, 0) is 48.2 Å². The summed E-state index contributed by atoms with van der Waals surface area (Å²) in [7, 11) is 0. The number of aromatic amines is 1. The molecule has 0 aliphatic carbocycles. The van der Waals surface area contributed by atoms with Crippen molar-refractivity contribution >= 4 is 28.1 Å². The van der Waals surface area contributed by atoms with Crippen LogP contribution in [0.3, 0.4) is 0 Å².